The van der Waals surface area contributed by atoms with E-state index >= 15 is 0 Å². The van der Waals surface area contributed by atoms with Gasteiger partial charge in [-0.25, -0.2) is 9.37 Å². The van der Waals surface area contributed by atoms with Crippen molar-refractivity contribution in [2.75, 3.05) is 5.75 Å². The zero-order valence-corrected chi connectivity index (χ0v) is 14.6. The Kier molecular flexibility index (Phi) is 4.46. The molecule has 3 aromatic rings. The molecule has 0 spiro atoms. The first kappa shape index (κ1) is 16.8. The molecule has 132 valence electrons. The summed E-state index contributed by atoms with van der Waals surface area (Å²) in [5.41, 5.74) is 1.73. The number of benzene rings is 2. The fraction of sp³-hybridized carbons (Fsp3) is 0.211. The van der Waals surface area contributed by atoms with Crippen molar-refractivity contribution in [3.05, 3.63) is 70.4 Å². The highest BCUT2D eigenvalue weighted by atomic mass is 32.2. The number of nitrogens with one attached hydrogen (secondary N) is 1. The number of amides is 1. The molecular weight excluding hydrogens is 353 g/mol. The van der Waals surface area contributed by atoms with E-state index in [0.717, 1.165) is 22.6 Å². The lowest BCUT2D eigenvalue weighted by Crippen LogP contribution is -2.36. The number of fused-ring (bicyclic) bond motifs is 2. The topological polar surface area (TPSA) is 64.0 Å². The predicted octanol–water partition coefficient (Wildman–Crippen LogP) is 2.89. The Morgan fingerprint density at radius 2 is 2.15 bits per heavy atom. The normalized spacial score (nSPS) is 16.3. The van der Waals surface area contributed by atoms with Gasteiger partial charge in [-0.15, -0.1) is 11.8 Å². The van der Waals surface area contributed by atoms with Crippen molar-refractivity contribution in [1.29, 1.82) is 0 Å². The summed E-state index contributed by atoms with van der Waals surface area (Å²) in [5.74, 6) is 0.249. The van der Waals surface area contributed by atoms with E-state index in [1.54, 1.807) is 36.0 Å². The second kappa shape index (κ2) is 6.92. The molecule has 4 rings (SSSR count). The Bertz CT molecular complexity index is 1050. The molecule has 0 fully saturated rings. The molecule has 1 aliphatic heterocycles. The van der Waals surface area contributed by atoms with Crippen LogP contribution < -0.4 is 10.9 Å². The van der Waals surface area contributed by atoms with E-state index in [1.807, 2.05) is 6.07 Å². The van der Waals surface area contributed by atoms with Crippen molar-refractivity contribution in [3.63, 3.8) is 0 Å². The van der Waals surface area contributed by atoms with Crippen LogP contribution in [0.25, 0.3) is 11.0 Å². The van der Waals surface area contributed by atoms with E-state index in [9.17, 15) is 14.0 Å². The number of hydrogen-bond acceptors (Lipinski definition) is 4. The van der Waals surface area contributed by atoms with Gasteiger partial charge < -0.3 is 5.32 Å². The Morgan fingerprint density at radius 1 is 1.31 bits per heavy atom. The van der Waals surface area contributed by atoms with Gasteiger partial charge in [-0.2, -0.15) is 0 Å². The third-order valence-electron chi connectivity index (χ3n) is 4.40. The maximum atomic E-state index is 13.6. The van der Waals surface area contributed by atoms with Crippen LogP contribution in [0.1, 0.15) is 18.0 Å². The maximum Gasteiger partial charge on any atom is 0.269 e. The Hall–Kier alpha value is -2.67. The third kappa shape index (κ3) is 3.22. The molecule has 0 saturated heterocycles. The second-order valence-electron chi connectivity index (χ2n) is 6.11. The molecule has 2 heterocycles. The predicted molar refractivity (Wildman–Crippen MR) is 98.6 cm³/mol. The molecule has 1 amide bonds. The number of halogens is 1. The van der Waals surface area contributed by atoms with E-state index in [4.69, 9.17) is 0 Å². The molecule has 1 N–H and O–H groups in total. The summed E-state index contributed by atoms with van der Waals surface area (Å²) in [6, 6.07) is 11.6. The van der Waals surface area contributed by atoms with E-state index in [1.165, 1.54) is 22.9 Å². The molecule has 0 bridgehead atoms. The highest BCUT2D eigenvalue weighted by molar-refractivity contribution is 7.99. The van der Waals surface area contributed by atoms with Crippen LogP contribution in [0, 0.1) is 5.82 Å². The molecule has 0 aliphatic carbocycles. The van der Waals surface area contributed by atoms with Crippen LogP contribution in [-0.4, -0.2) is 21.2 Å². The van der Waals surface area contributed by atoms with Gasteiger partial charge in [0.15, 0.2) is 0 Å². The van der Waals surface area contributed by atoms with Crippen molar-refractivity contribution in [2.45, 2.75) is 23.9 Å². The van der Waals surface area contributed by atoms with Gasteiger partial charge in [-0.1, -0.05) is 12.1 Å². The molecule has 0 radical (unpaired) electrons. The third-order valence-corrected chi connectivity index (χ3v) is 5.52. The van der Waals surface area contributed by atoms with Crippen molar-refractivity contribution < 1.29 is 9.18 Å². The van der Waals surface area contributed by atoms with Gasteiger partial charge in [0, 0.05) is 10.6 Å². The molecule has 1 aliphatic rings. The lowest BCUT2D eigenvalue weighted by Gasteiger charge is -2.26. The van der Waals surface area contributed by atoms with Crippen LogP contribution >= 0.6 is 11.8 Å². The number of aromatic nitrogens is 2. The van der Waals surface area contributed by atoms with E-state index in [-0.39, 0.29) is 29.9 Å². The molecule has 7 heteroatoms. The number of hydrogen-bond donors (Lipinski definition) is 1. The molecule has 1 atom stereocenters. The first-order valence-electron chi connectivity index (χ1n) is 8.28. The minimum Gasteiger partial charge on any atom is -0.348 e. The molecule has 1 aromatic heterocycles. The molecule has 26 heavy (non-hydrogen) atoms. The zero-order valence-electron chi connectivity index (χ0n) is 13.8. The second-order valence-corrected chi connectivity index (χ2v) is 7.25. The van der Waals surface area contributed by atoms with Gasteiger partial charge in [0.1, 0.15) is 12.4 Å². The SMILES string of the molecule is O=C(Cn1c(=O)cnc2ccccc21)NC1CCSc2ccc(F)cc21. The summed E-state index contributed by atoms with van der Waals surface area (Å²) >= 11 is 1.66. The Labute approximate surface area is 153 Å². The standard InChI is InChI=1S/C19H16FN3O2S/c20-12-5-6-17-13(9-12)14(7-8-26-17)22-18(24)11-23-16-4-2-1-3-15(16)21-10-19(23)25/h1-6,9-10,14H,7-8,11H2,(H,22,24). The average molecular weight is 369 g/mol. The van der Waals surface area contributed by atoms with Crippen LogP contribution in [0.5, 0.6) is 0 Å². The first-order chi connectivity index (χ1) is 12.6. The zero-order chi connectivity index (χ0) is 18.1. The van der Waals surface area contributed by atoms with Crippen LogP contribution in [0.3, 0.4) is 0 Å². The minimum absolute atomic E-state index is 0.101. The van der Waals surface area contributed by atoms with Gasteiger partial charge in [0.25, 0.3) is 5.56 Å². The summed E-state index contributed by atoms with van der Waals surface area (Å²) in [5, 5.41) is 2.94. The van der Waals surface area contributed by atoms with Crippen LogP contribution in [0.2, 0.25) is 0 Å². The lowest BCUT2D eigenvalue weighted by molar-refractivity contribution is -0.122. The molecular formula is C19H16FN3O2S. The number of carbonyl (C=O) groups is 1. The summed E-state index contributed by atoms with van der Waals surface area (Å²) in [7, 11) is 0. The number of rotatable bonds is 3. The highest BCUT2D eigenvalue weighted by Crippen LogP contribution is 2.36. The Balaban J connectivity index is 1.59. The van der Waals surface area contributed by atoms with E-state index in [0.29, 0.717) is 11.0 Å². The van der Waals surface area contributed by atoms with E-state index in [2.05, 4.69) is 10.3 Å². The highest BCUT2D eigenvalue weighted by Gasteiger charge is 2.23. The van der Waals surface area contributed by atoms with Crippen LogP contribution in [0.15, 0.2) is 58.4 Å². The molecule has 2 aromatic carbocycles. The van der Waals surface area contributed by atoms with Gasteiger partial charge in [-0.05, 0) is 42.3 Å². The summed E-state index contributed by atoms with van der Waals surface area (Å²) < 4.78 is 15.0. The van der Waals surface area contributed by atoms with E-state index < -0.39 is 0 Å². The summed E-state index contributed by atoms with van der Waals surface area (Å²) in [6.45, 7) is -0.101. The molecule has 1 unspecified atom stereocenters. The summed E-state index contributed by atoms with van der Waals surface area (Å²) in [4.78, 5) is 29.8. The fourth-order valence-corrected chi connectivity index (χ4v) is 4.28. The van der Waals surface area contributed by atoms with Gasteiger partial charge >= 0.3 is 0 Å². The van der Waals surface area contributed by atoms with Crippen molar-refractivity contribution in [3.8, 4) is 0 Å². The minimum atomic E-state index is -0.329. The van der Waals surface area contributed by atoms with Crippen LogP contribution in [-0.2, 0) is 11.3 Å². The monoisotopic (exact) mass is 369 g/mol. The number of carbonyl (C=O) groups excluding carboxylic acids is 1. The van der Waals surface area contributed by atoms with Crippen molar-refractivity contribution in [2.24, 2.45) is 0 Å². The Morgan fingerprint density at radius 3 is 3.04 bits per heavy atom. The largest absolute Gasteiger partial charge is 0.348 e. The number of para-hydroxylation sites is 2. The lowest BCUT2D eigenvalue weighted by atomic mass is 10.0. The quantitative estimate of drug-likeness (QED) is 0.771. The van der Waals surface area contributed by atoms with Crippen LogP contribution in [0.4, 0.5) is 4.39 Å². The average Bonchev–Trinajstić information content (AvgIpc) is 2.64. The fourth-order valence-electron chi connectivity index (χ4n) is 3.18. The smallest absolute Gasteiger partial charge is 0.269 e. The number of thioether (sulfide) groups is 1. The first-order valence-corrected chi connectivity index (χ1v) is 9.26. The van der Waals surface area contributed by atoms with Gasteiger partial charge in [-0.3, -0.25) is 14.2 Å². The van der Waals surface area contributed by atoms with Crippen molar-refractivity contribution in [1.82, 2.24) is 14.9 Å². The molecule has 0 saturated carbocycles. The van der Waals surface area contributed by atoms with Crippen molar-refractivity contribution >= 4 is 28.7 Å². The molecule has 5 nitrogen and oxygen atoms in total. The van der Waals surface area contributed by atoms with Gasteiger partial charge in [0.2, 0.25) is 5.91 Å². The maximum absolute atomic E-state index is 13.6. The van der Waals surface area contributed by atoms with Gasteiger partial charge in [0.05, 0.1) is 23.3 Å². The summed E-state index contributed by atoms with van der Waals surface area (Å²) in [6.07, 6.45) is 1.94. The number of nitrogens with zero attached hydrogens (tertiary/aromatic N) is 2.